The Balaban J connectivity index is 1.45. The van der Waals surface area contributed by atoms with Crippen LogP contribution in [0.1, 0.15) is 11.1 Å². The van der Waals surface area contributed by atoms with Gasteiger partial charge in [-0.1, -0.05) is 54.2 Å². The van der Waals surface area contributed by atoms with Crippen LogP contribution in [0.2, 0.25) is 0 Å². The van der Waals surface area contributed by atoms with E-state index in [1.807, 2.05) is 48.5 Å². The average Bonchev–Trinajstić information content (AvgIpc) is 3.13. The van der Waals surface area contributed by atoms with E-state index in [-0.39, 0.29) is 17.4 Å². The Labute approximate surface area is 216 Å². The second-order valence-corrected chi connectivity index (χ2v) is 10.2. The van der Waals surface area contributed by atoms with E-state index in [2.05, 4.69) is 72.4 Å². The van der Waals surface area contributed by atoms with Gasteiger partial charge in [0.1, 0.15) is 5.75 Å². The largest absolute Gasteiger partial charge is 0.506 e. The summed E-state index contributed by atoms with van der Waals surface area (Å²) in [6.45, 7) is 0.675. The third kappa shape index (κ3) is 5.62. The molecule has 0 atom stereocenters. The molecular weight excluding hydrogens is 650 g/mol. The number of para-hydroxylation sites is 2. The van der Waals surface area contributed by atoms with E-state index >= 15 is 0 Å². The monoisotopic (exact) mass is 668 g/mol. The van der Waals surface area contributed by atoms with Crippen LogP contribution in [-0.2, 0) is 11.3 Å². The normalized spacial score (nSPS) is 11.3. The van der Waals surface area contributed by atoms with Gasteiger partial charge in [-0.15, -0.1) is 0 Å². The van der Waals surface area contributed by atoms with Crippen LogP contribution < -0.4 is 5.43 Å². The number of thioether (sulfide) groups is 1. The second kappa shape index (κ2) is 10.7. The Kier molecular flexibility index (Phi) is 7.68. The van der Waals surface area contributed by atoms with Crippen molar-refractivity contribution in [3.8, 4) is 5.75 Å². The number of amides is 1. The molecule has 1 aromatic heterocycles. The molecule has 9 heteroatoms. The van der Waals surface area contributed by atoms with Crippen LogP contribution in [0.15, 0.2) is 77.0 Å². The number of aromatic nitrogens is 2. The minimum atomic E-state index is -0.246. The number of nitrogens with one attached hydrogen (secondary N) is 1. The highest BCUT2D eigenvalue weighted by Gasteiger charge is 2.13. The van der Waals surface area contributed by atoms with Crippen molar-refractivity contribution in [3.63, 3.8) is 0 Å². The van der Waals surface area contributed by atoms with Crippen LogP contribution in [-0.4, -0.2) is 32.5 Å². The third-order valence-corrected chi connectivity index (χ3v) is 7.01. The molecule has 3 aromatic carbocycles. The fourth-order valence-corrected chi connectivity index (χ4v) is 5.80. The molecule has 162 valence electrons. The van der Waals surface area contributed by atoms with E-state index in [1.165, 1.54) is 23.5 Å². The highest BCUT2D eigenvalue weighted by molar-refractivity contribution is 14.1. The molecule has 0 unspecified atom stereocenters. The van der Waals surface area contributed by atoms with Crippen molar-refractivity contribution in [2.24, 2.45) is 5.10 Å². The van der Waals surface area contributed by atoms with Crippen LogP contribution in [0.5, 0.6) is 5.75 Å². The molecule has 4 rings (SSSR count). The molecule has 1 amide bonds. The van der Waals surface area contributed by atoms with Crippen molar-refractivity contribution in [2.75, 3.05) is 5.75 Å². The van der Waals surface area contributed by atoms with Crippen LogP contribution in [0, 0.1) is 7.14 Å². The van der Waals surface area contributed by atoms with Crippen molar-refractivity contribution < 1.29 is 9.90 Å². The van der Waals surface area contributed by atoms with Gasteiger partial charge in [0.05, 0.1) is 33.1 Å². The molecule has 0 saturated carbocycles. The number of carbonyl (C=O) groups is 1. The molecule has 0 saturated heterocycles. The molecule has 0 aliphatic heterocycles. The summed E-state index contributed by atoms with van der Waals surface area (Å²) in [6.07, 6.45) is 1.45. The van der Waals surface area contributed by atoms with E-state index in [0.29, 0.717) is 12.1 Å². The maximum atomic E-state index is 12.4. The van der Waals surface area contributed by atoms with E-state index < -0.39 is 0 Å². The Morgan fingerprint density at radius 2 is 1.88 bits per heavy atom. The fraction of sp³-hybridized carbons (Fsp3) is 0.0870. The van der Waals surface area contributed by atoms with Gasteiger partial charge < -0.3 is 9.67 Å². The number of hydrogen-bond acceptors (Lipinski definition) is 5. The average molecular weight is 668 g/mol. The molecule has 1 heterocycles. The summed E-state index contributed by atoms with van der Waals surface area (Å²) in [5.74, 6) is 0.0723. The van der Waals surface area contributed by atoms with Crippen LogP contribution >= 0.6 is 56.9 Å². The Morgan fingerprint density at radius 1 is 1.12 bits per heavy atom. The highest BCUT2D eigenvalue weighted by Crippen LogP contribution is 2.26. The number of fused-ring (bicyclic) bond motifs is 1. The van der Waals surface area contributed by atoms with Crippen molar-refractivity contribution >= 4 is 80.1 Å². The fourth-order valence-electron chi connectivity index (χ4n) is 3.10. The number of halogens is 2. The minimum Gasteiger partial charge on any atom is -0.506 e. The Hall–Kier alpha value is -2.12. The standard InChI is InChI=1S/C23H18I2N4O2S/c24-17-10-16(22(31)18(25)11-17)12-26-28-21(30)14-32-23-27-19-8-4-5-9-20(19)29(23)13-15-6-2-1-3-7-15/h1-12,31H,13-14H2,(H,28,30). The van der Waals surface area contributed by atoms with Gasteiger partial charge in [-0.25, -0.2) is 10.4 Å². The first kappa shape index (κ1) is 23.1. The molecule has 6 nitrogen and oxygen atoms in total. The molecule has 32 heavy (non-hydrogen) atoms. The Bertz CT molecular complexity index is 1290. The van der Waals surface area contributed by atoms with E-state index in [9.17, 15) is 9.90 Å². The number of phenolic OH excluding ortho intramolecular Hbond substituents is 1. The van der Waals surface area contributed by atoms with Crippen LogP contribution in [0.25, 0.3) is 11.0 Å². The number of carbonyl (C=O) groups excluding carboxylic acids is 1. The summed E-state index contributed by atoms with van der Waals surface area (Å²) in [4.78, 5) is 17.1. The summed E-state index contributed by atoms with van der Waals surface area (Å²) in [7, 11) is 0. The number of imidazole rings is 1. The summed E-state index contributed by atoms with van der Waals surface area (Å²) in [5, 5.41) is 14.9. The van der Waals surface area contributed by atoms with Crippen molar-refractivity contribution in [3.05, 3.63) is 85.0 Å². The maximum absolute atomic E-state index is 12.4. The first-order valence-corrected chi connectivity index (χ1v) is 12.8. The van der Waals surface area contributed by atoms with E-state index in [1.54, 1.807) is 6.07 Å². The van der Waals surface area contributed by atoms with E-state index in [4.69, 9.17) is 4.98 Å². The zero-order valence-corrected chi connectivity index (χ0v) is 21.8. The number of aromatic hydroxyl groups is 1. The highest BCUT2D eigenvalue weighted by atomic mass is 127. The third-order valence-electron chi connectivity index (χ3n) is 4.59. The second-order valence-electron chi connectivity index (χ2n) is 6.86. The molecule has 0 radical (unpaired) electrons. The summed E-state index contributed by atoms with van der Waals surface area (Å²) in [5.41, 5.74) is 6.17. The molecule has 2 N–H and O–H groups in total. The zero-order chi connectivity index (χ0) is 22.5. The molecular formula is C23H18I2N4O2S. The number of nitrogens with zero attached hydrogens (tertiary/aromatic N) is 3. The first-order valence-electron chi connectivity index (χ1n) is 9.63. The van der Waals surface area contributed by atoms with Crippen LogP contribution in [0.3, 0.4) is 0 Å². The van der Waals surface area contributed by atoms with Crippen molar-refractivity contribution in [1.82, 2.24) is 15.0 Å². The minimum absolute atomic E-state index is 0.146. The van der Waals surface area contributed by atoms with Gasteiger partial charge in [-0.05, 0) is 75.0 Å². The number of phenols is 1. The molecule has 0 bridgehead atoms. The topological polar surface area (TPSA) is 79.5 Å². The van der Waals surface area contributed by atoms with Gasteiger partial charge in [0.15, 0.2) is 5.16 Å². The predicted molar refractivity (Wildman–Crippen MR) is 145 cm³/mol. The van der Waals surface area contributed by atoms with Gasteiger partial charge in [0.25, 0.3) is 5.91 Å². The summed E-state index contributed by atoms with van der Waals surface area (Å²) in [6, 6.07) is 21.8. The lowest BCUT2D eigenvalue weighted by atomic mass is 10.2. The number of rotatable bonds is 7. The zero-order valence-electron chi connectivity index (χ0n) is 16.7. The lowest BCUT2D eigenvalue weighted by Crippen LogP contribution is -2.20. The molecule has 0 aliphatic rings. The smallest absolute Gasteiger partial charge is 0.250 e. The maximum Gasteiger partial charge on any atom is 0.250 e. The van der Waals surface area contributed by atoms with E-state index in [0.717, 1.165) is 23.3 Å². The van der Waals surface area contributed by atoms with Gasteiger partial charge in [-0.2, -0.15) is 5.10 Å². The van der Waals surface area contributed by atoms with Crippen LogP contribution in [0.4, 0.5) is 0 Å². The molecule has 4 aromatic rings. The lowest BCUT2D eigenvalue weighted by molar-refractivity contribution is -0.118. The number of hydrogen-bond donors (Lipinski definition) is 2. The Morgan fingerprint density at radius 3 is 2.69 bits per heavy atom. The summed E-state index contributed by atoms with van der Waals surface area (Å²) < 4.78 is 3.83. The molecule has 0 aliphatic carbocycles. The van der Waals surface area contributed by atoms with Gasteiger partial charge >= 0.3 is 0 Å². The molecule has 0 spiro atoms. The van der Waals surface area contributed by atoms with Gasteiger partial charge in [-0.3, -0.25) is 4.79 Å². The summed E-state index contributed by atoms with van der Waals surface area (Å²) >= 11 is 5.60. The number of benzene rings is 3. The SMILES string of the molecule is O=C(CSc1nc2ccccc2n1Cc1ccccc1)NN=Cc1cc(I)cc(I)c1O. The quantitative estimate of drug-likeness (QED) is 0.122. The first-order chi connectivity index (χ1) is 15.5. The van der Waals surface area contributed by atoms with Crippen molar-refractivity contribution in [1.29, 1.82) is 0 Å². The lowest BCUT2D eigenvalue weighted by Gasteiger charge is -2.09. The molecule has 0 fully saturated rings. The number of hydrazone groups is 1. The predicted octanol–water partition coefficient (Wildman–Crippen LogP) is 5.24. The van der Waals surface area contributed by atoms with Crippen molar-refractivity contribution in [2.45, 2.75) is 11.7 Å². The van der Waals surface area contributed by atoms with Gasteiger partial charge in [0.2, 0.25) is 0 Å². The van der Waals surface area contributed by atoms with Gasteiger partial charge in [0, 0.05) is 9.13 Å².